The Balaban J connectivity index is 0.00000169. The van der Waals surface area contributed by atoms with Gasteiger partial charge in [0.2, 0.25) is 0 Å². The zero-order valence-corrected chi connectivity index (χ0v) is 8.98. The average molecular weight is 240 g/mol. The molecular weight excluding hydrogens is 228 g/mol. The van der Waals surface area contributed by atoms with Gasteiger partial charge < -0.3 is 10.8 Å². The Labute approximate surface area is 93.3 Å². The van der Waals surface area contributed by atoms with Crippen molar-refractivity contribution in [3.63, 3.8) is 0 Å². The van der Waals surface area contributed by atoms with Crippen LogP contribution >= 0.6 is 24.0 Å². The maximum atomic E-state index is 12.6. The highest BCUT2D eigenvalue weighted by Gasteiger charge is 2.09. The minimum absolute atomic E-state index is 0. The normalized spacial score (nSPS) is 12.0. The molecule has 2 nitrogen and oxygen atoms in total. The molecule has 0 aliphatic heterocycles. The summed E-state index contributed by atoms with van der Waals surface area (Å²) in [6.45, 7) is -0.00509. The maximum Gasteiger partial charge on any atom is 0.124 e. The number of rotatable bonds is 3. The fraction of sp³-hybridized carbons (Fsp3) is 0.333. The molecule has 0 aliphatic carbocycles. The zero-order valence-electron chi connectivity index (χ0n) is 7.41. The Morgan fingerprint density at radius 3 is 2.64 bits per heavy atom. The third kappa shape index (κ3) is 3.42. The largest absolute Gasteiger partial charge is 0.396 e. The van der Waals surface area contributed by atoms with Gasteiger partial charge >= 0.3 is 0 Å². The van der Waals surface area contributed by atoms with Crippen molar-refractivity contribution < 1.29 is 9.50 Å². The molecule has 1 unspecified atom stereocenters. The van der Waals surface area contributed by atoms with Gasteiger partial charge in [-0.15, -0.1) is 12.4 Å². The maximum absolute atomic E-state index is 12.6. The SMILES string of the molecule is Cl.NC(CCO)c1ccc(F)cc1Cl. The number of halogens is 3. The van der Waals surface area contributed by atoms with E-state index in [4.69, 9.17) is 22.4 Å². The molecule has 80 valence electrons. The summed E-state index contributed by atoms with van der Waals surface area (Å²) >= 11 is 5.76. The molecule has 1 aromatic rings. The molecule has 0 spiro atoms. The number of nitrogens with two attached hydrogens (primary N) is 1. The summed E-state index contributed by atoms with van der Waals surface area (Å²) in [5, 5.41) is 8.95. The van der Waals surface area contributed by atoms with Crippen LogP contribution in [-0.4, -0.2) is 11.7 Å². The summed E-state index contributed by atoms with van der Waals surface area (Å²) in [4.78, 5) is 0. The van der Waals surface area contributed by atoms with Gasteiger partial charge in [0, 0.05) is 17.7 Å². The lowest BCUT2D eigenvalue weighted by atomic mass is 10.1. The van der Waals surface area contributed by atoms with Crippen molar-refractivity contribution in [3.8, 4) is 0 Å². The smallest absolute Gasteiger partial charge is 0.124 e. The highest BCUT2D eigenvalue weighted by Crippen LogP contribution is 2.23. The monoisotopic (exact) mass is 239 g/mol. The lowest BCUT2D eigenvalue weighted by Gasteiger charge is -2.11. The topological polar surface area (TPSA) is 46.2 Å². The van der Waals surface area contributed by atoms with E-state index in [2.05, 4.69) is 0 Å². The van der Waals surface area contributed by atoms with Gasteiger partial charge in [0.05, 0.1) is 0 Å². The van der Waals surface area contributed by atoms with E-state index in [0.717, 1.165) is 0 Å². The second kappa shape index (κ2) is 6.19. The van der Waals surface area contributed by atoms with Crippen molar-refractivity contribution in [1.29, 1.82) is 0 Å². The van der Waals surface area contributed by atoms with E-state index in [9.17, 15) is 4.39 Å². The summed E-state index contributed by atoms with van der Waals surface area (Å²) in [6.07, 6.45) is 0.422. The van der Waals surface area contributed by atoms with Gasteiger partial charge in [-0.25, -0.2) is 4.39 Å². The molecule has 1 atom stereocenters. The van der Waals surface area contributed by atoms with Gasteiger partial charge in [0.1, 0.15) is 5.82 Å². The van der Waals surface area contributed by atoms with Gasteiger partial charge in [0.25, 0.3) is 0 Å². The lowest BCUT2D eigenvalue weighted by molar-refractivity contribution is 0.276. The molecule has 0 heterocycles. The molecule has 0 radical (unpaired) electrons. The summed E-state index contributed by atoms with van der Waals surface area (Å²) in [7, 11) is 0. The van der Waals surface area contributed by atoms with E-state index >= 15 is 0 Å². The van der Waals surface area contributed by atoms with Crippen molar-refractivity contribution in [2.45, 2.75) is 12.5 Å². The molecule has 0 bridgehead atoms. The Morgan fingerprint density at radius 1 is 1.50 bits per heavy atom. The van der Waals surface area contributed by atoms with Crippen molar-refractivity contribution >= 4 is 24.0 Å². The summed E-state index contributed by atoms with van der Waals surface area (Å²) in [6, 6.07) is 3.72. The molecule has 1 rings (SSSR count). The van der Waals surface area contributed by atoms with Crippen LogP contribution in [-0.2, 0) is 0 Å². The molecule has 0 saturated carbocycles. The van der Waals surface area contributed by atoms with Crippen LogP contribution < -0.4 is 5.73 Å². The fourth-order valence-electron chi connectivity index (χ4n) is 1.10. The number of hydrogen-bond acceptors (Lipinski definition) is 2. The molecule has 5 heteroatoms. The highest BCUT2D eigenvalue weighted by atomic mass is 35.5. The molecule has 0 saturated heterocycles. The number of hydrogen-bond donors (Lipinski definition) is 2. The minimum atomic E-state index is -0.384. The Kier molecular flexibility index (Phi) is 6.04. The van der Waals surface area contributed by atoms with Gasteiger partial charge in [0.15, 0.2) is 0 Å². The Hall–Kier alpha value is -0.350. The van der Waals surface area contributed by atoms with Crippen LogP contribution in [0.25, 0.3) is 0 Å². The van der Waals surface area contributed by atoms with Gasteiger partial charge in [-0.2, -0.15) is 0 Å². The van der Waals surface area contributed by atoms with Crippen LogP contribution in [0, 0.1) is 5.82 Å². The van der Waals surface area contributed by atoms with Crippen molar-refractivity contribution in [2.75, 3.05) is 6.61 Å². The second-order valence-electron chi connectivity index (χ2n) is 2.78. The molecule has 1 aromatic carbocycles. The fourth-order valence-corrected chi connectivity index (χ4v) is 1.40. The van der Waals surface area contributed by atoms with Crippen molar-refractivity contribution in [3.05, 3.63) is 34.6 Å². The van der Waals surface area contributed by atoms with Gasteiger partial charge in [-0.05, 0) is 24.1 Å². The van der Waals surface area contributed by atoms with Crippen molar-refractivity contribution in [2.24, 2.45) is 5.73 Å². The molecule has 0 aliphatic rings. The first kappa shape index (κ1) is 13.7. The summed E-state index contributed by atoms with van der Waals surface area (Å²) < 4.78 is 12.6. The van der Waals surface area contributed by atoms with Gasteiger partial charge in [-0.1, -0.05) is 17.7 Å². The quantitative estimate of drug-likeness (QED) is 0.851. The van der Waals surface area contributed by atoms with Crippen LogP contribution in [0.5, 0.6) is 0 Å². The molecule has 0 fully saturated rings. The number of aliphatic hydroxyl groups excluding tert-OH is 1. The number of benzene rings is 1. The second-order valence-corrected chi connectivity index (χ2v) is 3.19. The Bertz CT molecular complexity index is 296. The van der Waals surface area contributed by atoms with Crippen LogP contribution in [0.4, 0.5) is 4.39 Å². The Morgan fingerprint density at radius 2 is 2.14 bits per heavy atom. The minimum Gasteiger partial charge on any atom is -0.396 e. The highest BCUT2D eigenvalue weighted by molar-refractivity contribution is 6.31. The van der Waals surface area contributed by atoms with Crippen LogP contribution in [0.15, 0.2) is 18.2 Å². The zero-order chi connectivity index (χ0) is 9.84. The molecule has 0 aromatic heterocycles. The van der Waals surface area contributed by atoms with Crippen LogP contribution in [0.3, 0.4) is 0 Å². The predicted octanol–water partition coefficient (Wildman–Crippen LogP) is 2.28. The summed E-state index contributed by atoms with van der Waals surface area (Å²) in [5.41, 5.74) is 6.35. The molecule has 3 N–H and O–H groups in total. The average Bonchev–Trinajstić information content (AvgIpc) is 2.04. The molecular formula is C9H12Cl2FNO. The van der Waals surface area contributed by atoms with Gasteiger partial charge in [-0.3, -0.25) is 0 Å². The van der Waals surface area contributed by atoms with E-state index in [-0.39, 0.29) is 30.9 Å². The summed E-state index contributed by atoms with van der Waals surface area (Å²) in [5.74, 6) is -0.384. The van der Waals surface area contributed by atoms with Crippen LogP contribution in [0.1, 0.15) is 18.0 Å². The number of aliphatic hydroxyl groups is 1. The molecule has 14 heavy (non-hydrogen) atoms. The third-order valence-corrected chi connectivity index (χ3v) is 2.13. The van der Waals surface area contributed by atoms with E-state index < -0.39 is 0 Å². The molecule has 0 amide bonds. The first-order chi connectivity index (χ1) is 6.15. The van der Waals surface area contributed by atoms with E-state index in [0.29, 0.717) is 17.0 Å². The first-order valence-electron chi connectivity index (χ1n) is 3.96. The van der Waals surface area contributed by atoms with Crippen molar-refractivity contribution in [1.82, 2.24) is 0 Å². The standard InChI is InChI=1S/C9H11ClFNO.ClH/c10-8-5-6(11)1-2-7(8)9(12)3-4-13;/h1-2,5,9,13H,3-4,12H2;1H. The first-order valence-corrected chi connectivity index (χ1v) is 4.34. The third-order valence-electron chi connectivity index (χ3n) is 1.80. The van der Waals surface area contributed by atoms with Crippen LogP contribution in [0.2, 0.25) is 5.02 Å². The predicted molar refractivity (Wildman–Crippen MR) is 57.3 cm³/mol. The van der Waals surface area contributed by atoms with E-state index in [1.54, 1.807) is 0 Å². The lowest BCUT2D eigenvalue weighted by Crippen LogP contribution is -2.12. The van der Waals surface area contributed by atoms with E-state index in [1.165, 1.54) is 18.2 Å². The van der Waals surface area contributed by atoms with E-state index in [1.807, 2.05) is 0 Å².